The minimum Gasteiger partial charge on any atom is -0.355 e. The summed E-state index contributed by atoms with van der Waals surface area (Å²) in [6, 6.07) is 19.0. The van der Waals surface area contributed by atoms with Gasteiger partial charge in [-0.05, 0) is 71.7 Å². The van der Waals surface area contributed by atoms with E-state index in [4.69, 9.17) is 12.2 Å². The van der Waals surface area contributed by atoms with Gasteiger partial charge in [0.05, 0.1) is 0 Å². The average Bonchev–Trinajstić information content (AvgIpc) is 2.69. The van der Waals surface area contributed by atoms with Gasteiger partial charge in [-0.2, -0.15) is 0 Å². The third-order valence-corrected chi connectivity index (χ3v) is 4.56. The fourth-order valence-electron chi connectivity index (χ4n) is 2.70. The van der Waals surface area contributed by atoms with E-state index in [9.17, 15) is 4.79 Å². The van der Waals surface area contributed by atoms with Gasteiger partial charge >= 0.3 is 0 Å². The second kappa shape index (κ2) is 10.2. The maximum atomic E-state index is 12.4. The second-order valence-corrected chi connectivity index (χ2v) is 8.08. The molecule has 5 nitrogen and oxygen atoms in total. The number of hydrogen-bond donors (Lipinski definition) is 3. The summed E-state index contributed by atoms with van der Waals surface area (Å²) in [5.41, 5.74) is 4.48. The normalized spacial score (nSPS) is 10.5. The van der Waals surface area contributed by atoms with Crippen LogP contribution in [0.2, 0.25) is 0 Å². The molecule has 0 aliphatic heterocycles. The molecule has 2 aromatic carbocycles. The minimum absolute atomic E-state index is 0. The molecular formula is C23H25ClN4OS. The molecule has 0 unspecified atom stereocenters. The Morgan fingerprint density at radius 3 is 1.93 bits per heavy atom. The highest BCUT2D eigenvalue weighted by molar-refractivity contribution is 7.80. The van der Waals surface area contributed by atoms with Crippen LogP contribution in [0.5, 0.6) is 0 Å². The standard InChI is InChI=1S/C23H24N4OS.ClH/c1-23(2,3)17-6-4-16(5-7-17)21(28)27-22(29)26-19-10-8-18(9-11-19)25-20-12-14-24-15-13-20;/h4-15H,1-3H3,(H,24,25)(H2,26,27,28,29);1H. The highest BCUT2D eigenvalue weighted by atomic mass is 35.5. The van der Waals surface area contributed by atoms with Crippen LogP contribution in [-0.4, -0.2) is 16.0 Å². The third-order valence-electron chi connectivity index (χ3n) is 4.35. The van der Waals surface area contributed by atoms with Gasteiger partial charge in [0.15, 0.2) is 5.11 Å². The number of pyridine rings is 1. The Kier molecular flexibility index (Phi) is 7.92. The summed E-state index contributed by atoms with van der Waals surface area (Å²) in [7, 11) is 0. The summed E-state index contributed by atoms with van der Waals surface area (Å²) in [6.45, 7) is 6.41. The van der Waals surface area contributed by atoms with Crippen molar-refractivity contribution in [2.75, 3.05) is 10.6 Å². The van der Waals surface area contributed by atoms with Crippen molar-refractivity contribution >= 4 is 52.7 Å². The summed E-state index contributed by atoms with van der Waals surface area (Å²) < 4.78 is 0. The predicted molar refractivity (Wildman–Crippen MR) is 130 cm³/mol. The molecule has 1 aromatic heterocycles. The zero-order chi connectivity index (χ0) is 20.9. The molecule has 3 aromatic rings. The highest BCUT2D eigenvalue weighted by Gasteiger charge is 2.14. The van der Waals surface area contributed by atoms with Crippen molar-refractivity contribution in [2.24, 2.45) is 0 Å². The number of thiocarbonyl (C=S) groups is 1. The van der Waals surface area contributed by atoms with Crippen molar-refractivity contribution in [3.8, 4) is 0 Å². The van der Waals surface area contributed by atoms with Crippen molar-refractivity contribution in [3.63, 3.8) is 0 Å². The largest absolute Gasteiger partial charge is 0.355 e. The minimum atomic E-state index is -0.237. The number of halogens is 1. The van der Waals surface area contributed by atoms with Crippen LogP contribution in [0.1, 0.15) is 36.7 Å². The van der Waals surface area contributed by atoms with Crippen LogP contribution in [0.15, 0.2) is 73.1 Å². The Bertz CT molecular complexity index is 984. The Morgan fingerprint density at radius 2 is 1.37 bits per heavy atom. The van der Waals surface area contributed by atoms with Gasteiger partial charge in [0.1, 0.15) is 0 Å². The summed E-state index contributed by atoms with van der Waals surface area (Å²) in [6.07, 6.45) is 3.46. The molecule has 0 radical (unpaired) electrons. The fourth-order valence-corrected chi connectivity index (χ4v) is 2.91. The van der Waals surface area contributed by atoms with E-state index >= 15 is 0 Å². The first-order valence-corrected chi connectivity index (χ1v) is 9.72. The smallest absolute Gasteiger partial charge is 0.257 e. The molecule has 0 fully saturated rings. The molecule has 0 atom stereocenters. The van der Waals surface area contributed by atoms with Crippen LogP contribution in [0, 0.1) is 0 Å². The molecule has 1 amide bonds. The number of amides is 1. The summed E-state index contributed by atoms with van der Waals surface area (Å²) >= 11 is 5.27. The van der Waals surface area contributed by atoms with Gasteiger partial charge in [-0.15, -0.1) is 12.4 Å². The zero-order valence-corrected chi connectivity index (χ0v) is 18.7. The molecule has 0 saturated carbocycles. The quantitative estimate of drug-likeness (QED) is 0.456. The number of carbonyl (C=O) groups excluding carboxylic acids is 1. The molecule has 3 N–H and O–H groups in total. The number of carbonyl (C=O) groups is 1. The molecule has 0 spiro atoms. The lowest BCUT2D eigenvalue weighted by Gasteiger charge is -2.19. The first kappa shape index (κ1) is 23.3. The van der Waals surface area contributed by atoms with Gasteiger partial charge in [0.2, 0.25) is 0 Å². The number of hydrogen-bond acceptors (Lipinski definition) is 4. The Hall–Kier alpha value is -2.96. The van der Waals surface area contributed by atoms with E-state index in [-0.39, 0.29) is 28.8 Å². The second-order valence-electron chi connectivity index (χ2n) is 7.67. The van der Waals surface area contributed by atoms with Gasteiger partial charge in [-0.25, -0.2) is 0 Å². The van der Waals surface area contributed by atoms with E-state index in [1.807, 2.05) is 60.7 Å². The van der Waals surface area contributed by atoms with Crippen LogP contribution >= 0.6 is 24.6 Å². The van der Waals surface area contributed by atoms with Crippen molar-refractivity contribution in [2.45, 2.75) is 26.2 Å². The molecule has 7 heteroatoms. The number of anilines is 3. The monoisotopic (exact) mass is 440 g/mol. The molecule has 1 heterocycles. The predicted octanol–water partition coefficient (Wildman–Crippen LogP) is 5.67. The highest BCUT2D eigenvalue weighted by Crippen LogP contribution is 2.22. The third kappa shape index (κ3) is 6.54. The van der Waals surface area contributed by atoms with E-state index in [0.717, 1.165) is 17.1 Å². The molecule has 156 valence electrons. The van der Waals surface area contributed by atoms with Crippen molar-refractivity contribution in [1.82, 2.24) is 10.3 Å². The topological polar surface area (TPSA) is 66.1 Å². The summed E-state index contributed by atoms with van der Waals surface area (Å²) in [5.74, 6) is -0.237. The van der Waals surface area contributed by atoms with Gasteiger partial charge < -0.3 is 10.6 Å². The van der Waals surface area contributed by atoms with E-state index in [0.29, 0.717) is 5.56 Å². The van der Waals surface area contributed by atoms with E-state index in [1.165, 1.54) is 5.56 Å². The van der Waals surface area contributed by atoms with Gasteiger partial charge in [-0.1, -0.05) is 32.9 Å². The average molecular weight is 441 g/mol. The first-order chi connectivity index (χ1) is 13.8. The van der Waals surface area contributed by atoms with Gasteiger partial charge in [0, 0.05) is 35.0 Å². The van der Waals surface area contributed by atoms with Crippen LogP contribution in [-0.2, 0) is 5.41 Å². The number of aromatic nitrogens is 1. The van der Waals surface area contributed by atoms with Gasteiger partial charge in [-0.3, -0.25) is 15.1 Å². The Balaban J connectivity index is 0.00000320. The van der Waals surface area contributed by atoms with Crippen LogP contribution in [0.3, 0.4) is 0 Å². The molecule has 0 aliphatic carbocycles. The maximum absolute atomic E-state index is 12.4. The van der Waals surface area contributed by atoms with Crippen molar-refractivity contribution in [3.05, 3.63) is 84.2 Å². The molecule has 3 rings (SSSR count). The molecular weight excluding hydrogens is 416 g/mol. The number of benzene rings is 2. The Morgan fingerprint density at radius 1 is 0.833 bits per heavy atom. The van der Waals surface area contributed by atoms with E-state index < -0.39 is 0 Å². The molecule has 0 bridgehead atoms. The number of rotatable bonds is 4. The van der Waals surface area contributed by atoms with E-state index in [2.05, 4.69) is 41.7 Å². The van der Waals surface area contributed by atoms with Crippen molar-refractivity contribution in [1.29, 1.82) is 0 Å². The van der Waals surface area contributed by atoms with Crippen molar-refractivity contribution < 1.29 is 4.79 Å². The summed E-state index contributed by atoms with van der Waals surface area (Å²) in [5, 5.41) is 9.28. The Labute approximate surface area is 188 Å². The molecule has 30 heavy (non-hydrogen) atoms. The van der Waals surface area contributed by atoms with Crippen LogP contribution < -0.4 is 16.0 Å². The number of nitrogens with zero attached hydrogens (tertiary/aromatic N) is 1. The zero-order valence-electron chi connectivity index (χ0n) is 17.1. The van der Waals surface area contributed by atoms with Crippen LogP contribution in [0.4, 0.5) is 17.1 Å². The molecule has 0 aliphatic rings. The summed E-state index contributed by atoms with van der Waals surface area (Å²) in [4.78, 5) is 16.4. The van der Waals surface area contributed by atoms with Crippen LogP contribution in [0.25, 0.3) is 0 Å². The lowest BCUT2D eigenvalue weighted by molar-refractivity contribution is 0.0977. The van der Waals surface area contributed by atoms with Gasteiger partial charge in [0.25, 0.3) is 5.91 Å². The molecule has 0 saturated heterocycles. The first-order valence-electron chi connectivity index (χ1n) is 9.31. The SMILES string of the molecule is CC(C)(C)c1ccc(C(=O)NC(=S)Nc2ccc(Nc3ccncc3)cc2)cc1.Cl. The lowest BCUT2D eigenvalue weighted by atomic mass is 9.87. The fraction of sp³-hybridized carbons (Fsp3) is 0.174. The van der Waals surface area contributed by atoms with E-state index in [1.54, 1.807) is 12.4 Å². The lowest BCUT2D eigenvalue weighted by Crippen LogP contribution is -2.34. The maximum Gasteiger partial charge on any atom is 0.257 e. The number of nitrogens with one attached hydrogen (secondary N) is 3.